The first-order chi connectivity index (χ1) is 12.8. The molecule has 5 heteroatoms. The van der Waals surface area contributed by atoms with Crippen molar-refractivity contribution in [2.24, 2.45) is 0 Å². The molecule has 0 saturated carbocycles. The summed E-state index contributed by atoms with van der Waals surface area (Å²) >= 11 is 0. The van der Waals surface area contributed by atoms with Crippen LogP contribution in [0.1, 0.15) is 22.0 Å². The molecule has 1 saturated heterocycles. The first kappa shape index (κ1) is 17.0. The number of aromatic amines is 1. The number of quaternary nitrogens is 1. The van der Waals surface area contributed by atoms with E-state index in [-0.39, 0.29) is 11.8 Å². The van der Waals surface area contributed by atoms with E-state index >= 15 is 0 Å². The number of hydrogen-bond acceptors (Lipinski definition) is 3. The van der Waals surface area contributed by atoms with Crippen LogP contribution in [0.2, 0.25) is 0 Å². The number of fused-ring (bicyclic) bond motifs is 1. The number of ketones is 1. The summed E-state index contributed by atoms with van der Waals surface area (Å²) in [6.45, 7) is 2.84. The predicted molar refractivity (Wildman–Crippen MR) is 99.3 cm³/mol. The van der Waals surface area contributed by atoms with E-state index in [9.17, 15) is 9.90 Å². The van der Waals surface area contributed by atoms with Crippen molar-refractivity contribution in [1.82, 2.24) is 4.98 Å². The van der Waals surface area contributed by atoms with E-state index in [2.05, 4.69) is 4.98 Å². The number of rotatable bonds is 5. The summed E-state index contributed by atoms with van der Waals surface area (Å²) in [4.78, 5) is 17.5. The smallest absolute Gasteiger partial charge is 0.199 e. The topological polar surface area (TPSA) is 66.8 Å². The molecule has 2 atom stereocenters. The fraction of sp³-hybridized carbons (Fsp3) is 0.286. The lowest BCUT2D eigenvalue weighted by molar-refractivity contribution is -0.941. The van der Waals surface area contributed by atoms with Gasteiger partial charge in [-0.15, -0.1) is 0 Å². The van der Waals surface area contributed by atoms with Gasteiger partial charge in [-0.1, -0.05) is 48.5 Å². The molecule has 0 bridgehead atoms. The van der Waals surface area contributed by atoms with Gasteiger partial charge in [0.05, 0.1) is 13.2 Å². The van der Waals surface area contributed by atoms with E-state index < -0.39 is 6.10 Å². The van der Waals surface area contributed by atoms with Crippen molar-refractivity contribution in [1.29, 1.82) is 0 Å². The van der Waals surface area contributed by atoms with Crippen LogP contribution in [0.3, 0.4) is 0 Å². The summed E-state index contributed by atoms with van der Waals surface area (Å²) in [5.74, 6) is -0.240. The van der Waals surface area contributed by atoms with Gasteiger partial charge in [-0.05, 0) is 6.07 Å². The molecule has 0 amide bonds. The van der Waals surface area contributed by atoms with E-state index in [0.717, 1.165) is 29.6 Å². The molecule has 0 aliphatic carbocycles. The van der Waals surface area contributed by atoms with Gasteiger partial charge in [-0.2, -0.15) is 0 Å². The number of H-pyrrole nitrogens is 1. The quantitative estimate of drug-likeness (QED) is 0.608. The van der Waals surface area contributed by atoms with Crippen LogP contribution < -0.4 is 4.90 Å². The number of aliphatic hydroxyl groups is 1. The summed E-state index contributed by atoms with van der Waals surface area (Å²) in [5.41, 5.74) is 2.42. The molecule has 1 fully saturated rings. The van der Waals surface area contributed by atoms with Gasteiger partial charge in [0.2, 0.25) is 0 Å². The molecule has 0 unspecified atom stereocenters. The standard InChI is InChI=1S/C21H22N2O3/c24-20(17-14-22-18-9-5-4-8-16(17)18)21(25)19(15-6-2-1-3-7-15)23-10-12-26-13-11-23/h1-9,14,19,21-22,25H,10-13H2/p+1/t19-,21+/m1/s1. The second-order valence-electron chi connectivity index (χ2n) is 6.72. The van der Waals surface area contributed by atoms with E-state index in [1.54, 1.807) is 6.20 Å². The lowest BCUT2D eigenvalue weighted by atomic mass is 9.93. The lowest BCUT2D eigenvalue weighted by Crippen LogP contribution is -3.15. The summed E-state index contributed by atoms with van der Waals surface area (Å²) in [6, 6.07) is 17.2. The number of aliphatic hydroxyl groups excluding tert-OH is 1. The number of benzene rings is 2. The van der Waals surface area contributed by atoms with Crippen LogP contribution >= 0.6 is 0 Å². The fourth-order valence-electron chi connectivity index (χ4n) is 3.83. The molecule has 1 aliphatic rings. The van der Waals surface area contributed by atoms with Crippen molar-refractivity contribution >= 4 is 16.7 Å². The number of hydrogen-bond donors (Lipinski definition) is 3. The zero-order chi connectivity index (χ0) is 17.9. The summed E-state index contributed by atoms with van der Waals surface area (Å²) in [5, 5.41) is 11.9. The van der Waals surface area contributed by atoms with Gasteiger partial charge >= 0.3 is 0 Å². The van der Waals surface area contributed by atoms with Gasteiger partial charge in [0.1, 0.15) is 19.1 Å². The third-order valence-electron chi connectivity index (χ3n) is 5.17. The molecule has 1 aromatic heterocycles. The Labute approximate surface area is 152 Å². The van der Waals surface area contributed by atoms with Crippen LogP contribution in [0.25, 0.3) is 10.9 Å². The molecule has 3 N–H and O–H groups in total. The highest BCUT2D eigenvalue weighted by Gasteiger charge is 2.37. The molecular formula is C21H23N2O3+. The van der Waals surface area contributed by atoms with Crippen LogP contribution in [0.15, 0.2) is 60.8 Å². The maximum absolute atomic E-state index is 13.2. The highest BCUT2D eigenvalue weighted by Crippen LogP contribution is 2.23. The average molecular weight is 351 g/mol. The van der Waals surface area contributed by atoms with Crippen LogP contribution in [0.4, 0.5) is 0 Å². The normalized spacial score (nSPS) is 17.9. The Bertz CT molecular complexity index is 884. The number of carbonyl (C=O) groups is 1. The lowest BCUT2D eigenvalue weighted by Gasteiger charge is -2.33. The molecule has 1 aliphatic heterocycles. The Morgan fingerprint density at radius 3 is 2.50 bits per heavy atom. The fourth-order valence-corrected chi connectivity index (χ4v) is 3.83. The van der Waals surface area contributed by atoms with Gasteiger partial charge in [0, 0.05) is 28.2 Å². The van der Waals surface area contributed by atoms with Crippen LogP contribution in [0, 0.1) is 0 Å². The van der Waals surface area contributed by atoms with Crippen molar-refractivity contribution in [3.8, 4) is 0 Å². The molecule has 26 heavy (non-hydrogen) atoms. The maximum Gasteiger partial charge on any atom is 0.199 e. The van der Waals surface area contributed by atoms with Crippen molar-refractivity contribution in [2.45, 2.75) is 12.1 Å². The van der Waals surface area contributed by atoms with Crippen molar-refractivity contribution in [3.05, 3.63) is 71.9 Å². The predicted octanol–water partition coefficient (Wildman–Crippen LogP) is 1.37. The number of carbonyl (C=O) groups excluding carboxylic acids is 1. The largest absolute Gasteiger partial charge is 0.379 e. The van der Waals surface area contributed by atoms with Gasteiger partial charge in [-0.3, -0.25) is 4.79 Å². The molecule has 0 radical (unpaired) electrons. The molecule has 4 rings (SSSR count). The minimum Gasteiger partial charge on any atom is -0.379 e. The maximum atomic E-state index is 13.2. The molecule has 2 heterocycles. The van der Waals surface area contributed by atoms with Crippen molar-refractivity contribution < 1.29 is 19.5 Å². The van der Waals surface area contributed by atoms with Crippen molar-refractivity contribution in [2.75, 3.05) is 26.3 Å². The minimum atomic E-state index is -1.11. The Balaban J connectivity index is 1.69. The van der Waals surface area contributed by atoms with Crippen molar-refractivity contribution in [3.63, 3.8) is 0 Å². The highest BCUT2D eigenvalue weighted by atomic mass is 16.5. The Morgan fingerprint density at radius 2 is 1.73 bits per heavy atom. The monoisotopic (exact) mass is 351 g/mol. The molecule has 0 spiro atoms. The third kappa shape index (κ3) is 3.17. The second-order valence-corrected chi connectivity index (χ2v) is 6.72. The van der Waals surface area contributed by atoms with Gasteiger partial charge in [0.15, 0.2) is 11.9 Å². The van der Waals surface area contributed by atoms with Gasteiger partial charge in [0.25, 0.3) is 0 Å². The number of para-hydroxylation sites is 1. The van der Waals surface area contributed by atoms with E-state index in [1.165, 1.54) is 4.90 Å². The zero-order valence-corrected chi connectivity index (χ0v) is 14.5. The number of morpholine rings is 1. The number of Topliss-reactive ketones (excluding diaryl/α,β-unsaturated/α-hetero) is 1. The summed E-state index contributed by atoms with van der Waals surface area (Å²) in [7, 11) is 0. The Hall–Kier alpha value is -2.47. The van der Waals surface area contributed by atoms with Gasteiger partial charge < -0.3 is 19.7 Å². The van der Waals surface area contributed by atoms with Crippen LogP contribution in [-0.2, 0) is 4.74 Å². The number of aromatic nitrogens is 1. The Kier molecular flexibility index (Phi) is 4.84. The Morgan fingerprint density at radius 1 is 1.04 bits per heavy atom. The zero-order valence-electron chi connectivity index (χ0n) is 14.5. The molecule has 3 aromatic rings. The summed E-state index contributed by atoms with van der Waals surface area (Å²) in [6.07, 6.45) is 0.595. The first-order valence-electron chi connectivity index (χ1n) is 9.01. The third-order valence-corrected chi connectivity index (χ3v) is 5.17. The molecule has 2 aromatic carbocycles. The average Bonchev–Trinajstić information content (AvgIpc) is 3.13. The minimum absolute atomic E-state index is 0.240. The first-order valence-corrected chi connectivity index (χ1v) is 9.01. The van der Waals surface area contributed by atoms with Gasteiger partial charge in [-0.25, -0.2) is 0 Å². The molecule has 134 valence electrons. The number of nitrogens with one attached hydrogen (secondary N) is 2. The molecule has 5 nitrogen and oxygen atoms in total. The van der Waals surface area contributed by atoms with E-state index in [1.807, 2.05) is 54.6 Å². The molecular weight excluding hydrogens is 328 g/mol. The summed E-state index contributed by atoms with van der Waals surface area (Å²) < 4.78 is 5.46. The van der Waals surface area contributed by atoms with Crippen LogP contribution in [0.5, 0.6) is 0 Å². The van der Waals surface area contributed by atoms with Crippen LogP contribution in [-0.4, -0.2) is 48.3 Å². The highest BCUT2D eigenvalue weighted by molar-refractivity contribution is 6.10. The van der Waals surface area contributed by atoms with E-state index in [0.29, 0.717) is 18.8 Å². The second kappa shape index (κ2) is 7.41. The SMILES string of the molecule is O=C(c1c[nH]c2ccccc12)[C@@H](O)[C@@H](c1ccccc1)[NH+]1CCOCC1. The van der Waals surface area contributed by atoms with E-state index in [4.69, 9.17) is 4.74 Å². The number of ether oxygens (including phenoxy) is 1.